The van der Waals surface area contributed by atoms with E-state index in [0.29, 0.717) is 0 Å². The quantitative estimate of drug-likeness (QED) is 0.697. The maximum absolute atomic E-state index is 6.59. The van der Waals surface area contributed by atoms with Crippen LogP contribution in [0.3, 0.4) is 0 Å². The Kier molecular flexibility index (Phi) is 5.92. The van der Waals surface area contributed by atoms with Crippen LogP contribution in [0.1, 0.15) is 24.1 Å². The van der Waals surface area contributed by atoms with Crippen LogP contribution in [0.25, 0.3) is 11.4 Å². The van der Waals surface area contributed by atoms with E-state index in [1.165, 1.54) is 0 Å². The predicted molar refractivity (Wildman–Crippen MR) is 109 cm³/mol. The molecule has 3 aromatic rings. The minimum Gasteiger partial charge on any atom is -0.317 e. The van der Waals surface area contributed by atoms with E-state index in [4.69, 9.17) is 16.6 Å². The summed E-state index contributed by atoms with van der Waals surface area (Å²) in [5.41, 5.74) is 3.08. The molecule has 0 unspecified atom stereocenters. The lowest BCUT2D eigenvalue weighted by atomic mass is 9.70. The van der Waals surface area contributed by atoms with Crippen LogP contribution in [0, 0.1) is 0 Å². The lowest BCUT2D eigenvalue weighted by molar-refractivity contribution is 0.354. The fourth-order valence-electron chi connectivity index (χ4n) is 3.72. The van der Waals surface area contributed by atoms with Crippen LogP contribution < -0.4 is 5.32 Å². The molecule has 1 aliphatic rings. The van der Waals surface area contributed by atoms with Crippen molar-refractivity contribution >= 4 is 24.0 Å². The van der Waals surface area contributed by atoms with Gasteiger partial charge in [0.25, 0.3) is 0 Å². The molecule has 0 amide bonds. The Morgan fingerprint density at radius 2 is 1.58 bits per heavy atom. The molecule has 2 aromatic carbocycles. The van der Waals surface area contributed by atoms with Crippen LogP contribution in [-0.2, 0) is 5.41 Å². The highest BCUT2D eigenvalue weighted by Gasteiger charge is 2.38. The third-order valence-corrected chi connectivity index (χ3v) is 5.35. The third kappa shape index (κ3) is 3.48. The Morgan fingerprint density at radius 3 is 2.31 bits per heavy atom. The van der Waals surface area contributed by atoms with Gasteiger partial charge in [0.15, 0.2) is 5.82 Å². The van der Waals surface area contributed by atoms with Crippen molar-refractivity contribution in [2.45, 2.75) is 18.3 Å². The number of hydrogen-bond donors (Lipinski definition) is 1. The molecule has 0 aliphatic carbocycles. The summed E-state index contributed by atoms with van der Waals surface area (Å²) < 4.78 is 0. The molecule has 1 fully saturated rings. The van der Waals surface area contributed by atoms with Gasteiger partial charge in [0, 0.05) is 22.2 Å². The highest BCUT2D eigenvalue weighted by Crippen LogP contribution is 2.42. The number of nitrogens with zero attached hydrogens (tertiary/aromatic N) is 2. The van der Waals surface area contributed by atoms with Gasteiger partial charge in [-0.1, -0.05) is 60.1 Å². The molecule has 0 spiro atoms. The number of hydrogen-bond acceptors (Lipinski definition) is 3. The Bertz CT molecular complexity index is 862. The summed E-state index contributed by atoms with van der Waals surface area (Å²) in [5.74, 6) is 0.767. The number of benzene rings is 2. The summed E-state index contributed by atoms with van der Waals surface area (Å²) >= 11 is 6.59. The Hall–Kier alpha value is -1.94. The van der Waals surface area contributed by atoms with Crippen LogP contribution in [0.5, 0.6) is 0 Å². The van der Waals surface area contributed by atoms with Gasteiger partial charge < -0.3 is 5.32 Å². The van der Waals surface area contributed by atoms with Crippen molar-refractivity contribution in [2.75, 3.05) is 13.1 Å². The first-order chi connectivity index (χ1) is 12.3. The van der Waals surface area contributed by atoms with Gasteiger partial charge in [-0.3, -0.25) is 0 Å². The van der Waals surface area contributed by atoms with Crippen molar-refractivity contribution in [3.05, 3.63) is 83.1 Å². The van der Waals surface area contributed by atoms with E-state index < -0.39 is 0 Å². The average Bonchev–Trinajstić information content (AvgIpc) is 2.70. The second-order valence-electron chi connectivity index (χ2n) is 6.44. The van der Waals surface area contributed by atoms with Gasteiger partial charge in [-0.05, 0) is 43.6 Å². The maximum Gasteiger partial charge on any atom is 0.159 e. The second kappa shape index (κ2) is 8.17. The monoisotopic (exact) mass is 385 g/mol. The highest BCUT2D eigenvalue weighted by molar-refractivity contribution is 6.31. The minimum absolute atomic E-state index is 0. The third-order valence-electron chi connectivity index (χ3n) is 5.02. The van der Waals surface area contributed by atoms with Crippen molar-refractivity contribution in [3.63, 3.8) is 0 Å². The van der Waals surface area contributed by atoms with Gasteiger partial charge in [0.1, 0.15) is 0 Å². The summed E-state index contributed by atoms with van der Waals surface area (Å²) in [6.07, 6.45) is 3.81. The zero-order chi connectivity index (χ0) is 17.1. The smallest absolute Gasteiger partial charge is 0.159 e. The van der Waals surface area contributed by atoms with E-state index >= 15 is 0 Å². The molecule has 0 atom stereocenters. The zero-order valence-corrected chi connectivity index (χ0v) is 15.9. The summed E-state index contributed by atoms with van der Waals surface area (Å²) in [5, 5.41) is 4.27. The van der Waals surface area contributed by atoms with E-state index in [9.17, 15) is 0 Å². The van der Waals surface area contributed by atoms with Crippen molar-refractivity contribution in [2.24, 2.45) is 0 Å². The van der Waals surface area contributed by atoms with E-state index in [0.717, 1.165) is 53.6 Å². The van der Waals surface area contributed by atoms with Crippen LogP contribution in [-0.4, -0.2) is 23.1 Å². The van der Waals surface area contributed by atoms with Crippen molar-refractivity contribution in [3.8, 4) is 11.4 Å². The first-order valence-electron chi connectivity index (χ1n) is 8.64. The van der Waals surface area contributed by atoms with Gasteiger partial charge in [0.2, 0.25) is 0 Å². The first kappa shape index (κ1) is 18.8. The zero-order valence-electron chi connectivity index (χ0n) is 14.4. The molecular formula is C21H21Cl2N3. The Morgan fingerprint density at radius 1 is 0.885 bits per heavy atom. The fraction of sp³-hybridized carbons (Fsp3) is 0.238. The van der Waals surface area contributed by atoms with Gasteiger partial charge in [-0.15, -0.1) is 12.4 Å². The van der Waals surface area contributed by atoms with E-state index in [2.05, 4.69) is 22.4 Å². The Labute approximate surface area is 165 Å². The molecule has 4 rings (SSSR count). The van der Waals surface area contributed by atoms with Crippen LogP contribution in [0.2, 0.25) is 5.02 Å². The van der Waals surface area contributed by atoms with Gasteiger partial charge in [-0.25, -0.2) is 9.97 Å². The van der Waals surface area contributed by atoms with Crippen LogP contribution in [0.4, 0.5) is 0 Å². The highest BCUT2D eigenvalue weighted by atomic mass is 35.5. The molecule has 2 heterocycles. The predicted octanol–water partition coefficient (Wildman–Crippen LogP) is 4.89. The van der Waals surface area contributed by atoms with Crippen molar-refractivity contribution in [1.29, 1.82) is 0 Å². The van der Waals surface area contributed by atoms with Gasteiger partial charge >= 0.3 is 0 Å². The molecule has 0 radical (unpaired) electrons. The number of aromatic nitrogens is 2. The SMILES string of the molecule is Cl.Clc1ccccc1C1(c2ccnc(-c3ccccc3)n2)CCNCC1. The molecule has 5 heteroatoms. The standard InChI is InChI=1S/C21H20ClN3.ClH/c22-18-9-5-4-8-17(18)21(11-14-23-15-12-21)19-10-13-24-20(25-19)16-6-2-1-3-7-16;/h1-10,13,23H,11-12,14-15H2;1H. The molecule has 134 valence electrons. The van der Waals surface area contributed by atoms with Crippen molar-refractivity contribution in [1.82, 2.24) is 15.3 Å². The molecular weight excluding hydrogens is 365 g/mol. The van der Waals surface area contributed by atoms with Gasteiger partial charge in [0.05, 0.1) is 5.69 Å². The number of piperidine rings is 1. The Balaban J connectivity index is 0.00000196. The normalized spacial score (nSPS) is 15.9. The topological polar surface area (TPSA) is 37.8 Å². The second-order valence-corrected chi connectivity index (χ2v) is 6.85. The van der Waals surface area contributed by atoms with Crippen molar-refractivity contribution < 1.29 is 0 Å². The summed E-state index contributed by atoms with van der Waals surface area (Å²) in [6, 6.07) is 20.3. The molecule has 1 aromatic heterocycles. The fourth-order valence-corrected chi connectivity index (χ4v) is 4.03. The van der Waals surface area contributed by atoms with E-state index in [1.807, 2.05) is 54.7 Å². The summed E-state index contributed by atoms with van der Waals surface area (Å²) in [6.45, 7) is 1.91. The molecule has 1 N–H and O–H groups in total. The molecule has 1 aliphatic heterocycles. The van der Waals surface area contributed by atoms with Crippen LogP contribution >= 0.6 is 24.0 Å². The van der Waals surface area contributed by atoms with Crippen LogP contribution in [0.15, 0.2) is 66.9 Å². The molecule has 1 saturated heterocycles. The molecule has 3 nitrogen and oxygen atoms in total. The number of nitrogens with one attached hydrogen (secondary N) is 1. The average molecular weight is 386 g/mol. The summed E-state index contributed by atoms with van der Waals surface area (Å²) in [4.78, 5) is 9.45. The minimum atomic E-state index is -0.171. The summed E-state index contributed by atoms with van der Waals surface area (Å²) in [7, 11) is 0. The molecule has 0 bridgehead atoms. The number of halogens is 2. The van der Waals surface area contributed by atoms with E-state index in [1.54, 1.807) is 0 Å². The molecule has 26 heavy (non-hydrogen) atoms. The lowest BCUT2D eigenvalue weighted by Crippen LogP contribution is -2.41. The van der Waals surface area contributed by atoms with Gasteiger partial charge in [-0.2, -0.15) is 0 Å². The molecule has 0 saturated carbocycles. The van der Waals surface area contributed by atoms with E-state index in [-0.39, 0.29) is 17.8 Å². The lowest BCUT2D eigenvalue weighted by Gasteiger charge is -2.38. The maximum atomic E-state index is 6.59. The number of rotatable bonds is 3. The first-order valence-corrected chi connectivity index (χ1v) is 9.02. The largest absolute Gasteiger partial charge is 0.317 e.